The van der Waals surface area contributed by atoms with Crippen LogP contribution < -0.4 is 10.6 Å². The molecule has 6 heteroatoms. The van der Waals surface area contributed by atoms with E-state index in [0.29, 0.717) is 24.9 Å². The first-order valence-electron chi connectivity index (χ1n) is 7.81. The van der Waals surface area contributed by atoms with E-state index >= 15 is 0 Å². The van der Waals surface area contributed by atoms with Gasteiger partial charge < -0.3 is 10.6 Å². The predicted molar refractivity (Wildman–Crippen MR) is 86.0 cm³/mol. The molecule has 124 valence electrons. The monoisotopic (exact) mass is 327 g/mol. The zero-order valence-corrected chi connectivity index (χ0v) is 13.1. The van der Waals surface area contributed by atoms with Crippen LogP contribution in [0.5, 0.6) is 0 Å². The standard InChI is InChI=1S/C18H18FN3O2/c19-15-6-2-1-5-14(15)12-22-17(24)18(7-8-18)16(23)21-11-13-4-3-9-20-10-13/h1-6,9-10H,7-8,11-12H2,(H,21,23)(H,22,24). The molecule has 0 saturated heterocycles. The van der Waals surface area contributed by atoms with E-state index in [1.807, 2.05) is 6.07 Å². The van der Waals surface area contributed by atoms with Gasteiger partial charge in [0.25, 0.3) is 0 Å². The molecule has 0 unspecified atom stereocenters. The molecule has 1 aromatic carbocycles. The predicted octanol–water partition coefficient (Wildman–Crippen LogP) is 1.93. The van der Waals surface area contributed by atoms with Gasteiger partial charge in [0, 0.05) is 31.0 Å². The normalized spacial score (nSPS) is 14.7. The summed E-state index contributed by atoms with van der Waals surface area (Å²) in [5, 5.41) is 5.45. The van der Waals surface area contributed by atoms with E-state index in [1.165, 1.54) is 6.07 Å². The lowest BCUT2D eigenvalue weighted by Gasteiger charge is -2.15. The maximum Gasteiger partial charge on any atom is 0.235 e. The Hall–Kier alpha value is -2.76. The van der Waals surface area contributed by atoms with Crippen molar-refractivity contribution in [3.63, 3.8) is 0 Å². The molecule has 0 spiro atoms. The SMILES string of the molecule is O=C(NCc1cccnc1)C1(C(=O)NCc2ccccc2F)CC1. The van der Waals surface area contributed by atoms with Crippen molar-refractivity contribution in [2.45, 2.75) is 25.9 Å². The van der Waals surface area contributed by atoms with Gasteiger partial charge >= 0.3 is 0 Å². The molecule has 1 aliphatic rings. The molecule has 1 aromatic heterocycles. The van der Waals surface area contributed by atoms with Crippen LogP contribution in [0.2, 0.25) is 0 Å². The van der Waals surface area contributed by atoms with Crippen LogP contribution in [0.15, 0.2) is 48.8 Å². The van der Waals surface area contributed by atoms with Crippen LogP contribution in [0.3, 0.4) is 0 Å². The summed E-state index contributed by atoms with van der Waals surface area (Å²) in [7, 11) is 0. The Morgan fingerprint density at radius 2 is 1.75 bits per heavy atom. The second-order valence-corrected chi connectivity index (χ2v) is 5.90. The van der Waals surface area contributed by atoms with Gasteiger partial charge in [0.1, 0.15) is 11.2 Å². The van der Waals surface area contributed by atoms with Gasteiger partial charge in [0.05, 0.1) is 0 Å². The Kier molecular flexibility index (Phi) is 4.55. The smallest absolute Gasteiger partial charge is 0.235 e. The molecule has 0 atom stereocenters. The van der Waals surface area contributed by atoms with Gasteiger partial charge in [-0.15, -0.1) is 0 Å². The van der Waals surface area contributed by atoms with Crippen LogP contribution >= 0.6 is 0 Å². The van der Waals surface area contributed by atoms with E-state index in [9.17, 15) is 14.0 Å². The highest BCUT2D eigenvalue weighted by atomic mass is 19.1. The summed E-state index contributed by atoms with van der Waals surface area (Å²) in [5.74, 6) is -1.02. The van der Waals surface area contributed by atoms with Gasteiger partial charge in [-0.3, -0.25) is 14.6 Å². The summed E-state index contributed by atoms with van der Waals surface area (Å²) in [6.07, 6.45) is 4.34. The van der Waals surface area contributed by atoms with Crippen molar-refractivity contribution in [1.29, 1.82) is 0 Å². The Morgan fingerprint density at radius 3 is 2.38 bits per heavy atom. The molecule has 5 nitrogen and oxygen atoms in total. The Balaban J connectivity index is 1.56. The highest BCUT2D eigenvalue weighted by Crippen LogP contribution is 2.46. The molecular formula is C18H18FN3O2. The first-order valence-corrected chi connectivity index (χ1v) is 7.81. The molecule has 2 aromatic rings. The Bertz CT molecular complexity index is 745. The number of halogens is 1. The minimum atomic E-state index is -1.02. The van der Waals surface area contributed by atoms with Crippen LogP contribution in [-0.2, 0) is 22.7 Å². The lowest BCUT2D eigenvalue weighted by atomic mass is 10.0. The third-order valence-corrected chi connectivity index (χ3v) is 4.19. The van der Waals surface area contributed by atoms with Crippen molar-refractivity contribution >= 4 is 11.8 Å². The van der Waals surface area contributed by atoms with Gasteiger partial charge in [-0.1, -0.05) is 24.3 Å². The van der Waals surface area contributed by atoms with Gasteiger partial charge in [-0.05, 0) is 30.5 Å². The molecule has 2 amide bonds. The average molecular weight is 327 g/mol. The summed E-state index contributed by atoms with van der Waals surface area (Å²) in [5.41, 5.74) is 0.249. The van der Waals surface area contributed by atoms with Crippen molar-refractivity contribution in [3.8, 4) is 0 Å². The van der Waals surface area contributed by atoms with Crippen LogP contribution in [0, 0.1) is 11.2 Å². The van der Waals surface area contributed by atoms with Crippen LogP contribution in [0.25, 0.3) is 0 Å². The Morgan fingerprint density at radius 1 is 1.04 bits per heavy atom. The molecule has 2 N–H and O–H groups in total. The lowest BCUT2D eigenvalue weighted by Crippen LogP contribution is -2.42. The fraction of sp³-hybridized carbons (Fsp3) is 0.278. The first kappa shape index (κ1) is 16.1. The van der Waals surface area contributed by atoms with E-state index in [0.717, 1.165) is 5.56 Å². The molecule has 1 aliphatic carbocycles. The largest absolute Gasteiger partial charge is 0.351 e. The fourth-order valence-electron chi connectivity index (χ4n) is 2.52. The number of nitrogens with zero attached hydrogens (tertiary/aromatic N) is 1. The minimum Gasteiger partial charge on any atom is -0.351 e. The van der Waals surface area contributed by atoms with Gasteiger partial charge in [-0.2, -0.15) is 0 Å². The van der Waals surface area contributed by atoms with E-state index in [-0.39, 0.29) is 24.2 Å². The highest BCUT2D eigenvalue weighted by Gasteiger charge is 2.56. The number of carbonyl (C=O) groups is 2. The quantitative estimate of drug-likeness (QED) is 0.797. The van der Waals surface area contributed by atoms with Gasteiger partial charge in [0.2, 0.25) is 11.8 Å². The molecule has 0 bridgehead atoms. The minimum absolute atomic E-state index is 0.0726. The summed E-state index contributed by atoms with van der Waals surface area (Å²) >= 11 is 0. The molecular weight excluding hydrogens is 309 g/mol. The summed E-state index contributed by atoms with van der Waals surface area (Å²) in [6, 6.07) is 9.89. The average Bonchev–Trinajstić information content (AvgIpc) is 3.41. The number of pyridine rings is 1. The van der Waals surface area contributed by atoms with Crippen molar-refractivity contribution in [2.75, 3.05) is 0 Å². The maximum atomic E-state index is 13.6. The fourth-order valence-corrected chi connectivity index (χ4v) is 2.52. The van der Waals surface area contributed by atoms with Crippen LogP contribution in [-0.4, -0.2) is 16.8 Å². The topological polar surface area (TPSA) is 71.1 Å². The third-order valence-electron chi connectivity index (χ3n) is 4.19. The third kappa shape index (κ3) is 3.42. The molecule has 0 aliphatic heterocycles. The number of benzene rings is 1. The second-order valence-electron chi connectivity index (χ2n) is 5.90. The summed E-state index contributed by atoms with van der Waals surface area (Å²) in [6.45, 7) is 0.401. The van der Waals surface area contributed by atoms with E-state index < -0.39 is 5.41 Å². The number of hydrogen-bond acceptors (Lipinski definition) is 3. The highest BCUT2D eigenvalue weighted by molar-refractivity contribution is 6.07. The number of amides is 2. The van der Waals surface area contributed by atoms with Crippen molar-refractivity contribution in [3.05, 3.63) is 65.7 Å². The van der Waals surface area contributed by atoms with Crippen molar-refractivity contribution < 1.29 is 14.0 Å². The van der Waals surface area contributed by atoms with Crippen molar-refractivity contribution in [2.24, 2.45) is 5.41 Å². The van der Waals surface area contributed by atoms with Crippen LogP contribution in [0.4, 0.5) is 4.39 Å². The second kappa shape index (κ2) is 6.78. The van der Waals surface area contributed by atoms with E-state index in [1.54, 1.807) is 36.7 Å². The summed E-state index contributed by atoms with van der Waals surface area (Å²) < 4.78 is 13.6. The number of aromatic nitrogens is 1. The molecule has 1 fully saturated rings. The van der Waals surface area contributed by atoms with E-state index in [2.05, 4.69) is 15.6 Å². The zero-order chi connectivity index (χ0) is 17.0. The maximum absolute atomic E-state index is 13.6. The molecule has 3 rings (SSSR count). The number of rotatable bonds is 6. The van der Waals surface area contributed by atoms with E-state index in [4.69, 9.17) is 0 Å². The van der Waals surface area contributed by atoms with Crippen molar-refractivity contribution in [1.82, 2.24) is 15.6 Å². The molecule has 0 radical (unpaired) electrons. The number of nitrogens with one attached hydrogen (secondary N) is 2. The molecule has 1 saturated carbocycles. The Labute approximate surface area is 139 Å². The molecule has 24 heavy (non-hydrogen) atoms. The lowest BCUT2D eigenvalue weighted by molar-refractivity contribution is -0.137. The zero-order valence-electron chi connectivity index (χ0n) is 13.1. The molecule has 1 heterocycles. The van der Waals surface area contributed by atoms with Gasteiger partial charge in [-0.25, -0.2) is 4.39 Å². The summed E-state index contributed by atoms with van der Waals surface area (Å²) in [4.78, 5) is 28.7. The number of hydrogen-bond donors (Lipinski definition) is 2. The first-order chi connectivity index (χ1) is 11.6. The van der Waals surface area contributed by atoms with Crippen LogP contribution in [0.1, 0.15) is 24.0 Å². The van der Waals surface area contributed by atoms with Gasteiger partial charge in [0.15, 0.2) is 0 Å². The number of carbonyl (C=O) groups excluding carboxylic acids is 2.